The molecule has 2 N–H and O–H groups in total. The first-order valence-corrected chi connectivity index (χ1v) is 6.58. The highest BCUT2D eigenvalue weighted by molar-refractivity contribution is 5.78. The van der Waals surface area contributed by atoms with Crippen LogP contribution in [0.2, 0.25) is 0 Å². The standard InChI is InChI=1S/C17H14FN3/c1-11-2-7-14(15(18)10-11)17-16(20-8-9-21-17)12-3-5-13(19)6-4-12/h2-10H,19H2,1H3. The van der Waals surface area contributed by atoms with Crippen molar-refractivity contribution >= 4 is 5.69 Å². The molecule has 0 aliphatic heterocycles. The molecule has 3 nitrogen and oxygen atoms in total. The largest absolute Gasteiger partial charge is 0.399 e. The summed E-state index contributed by atoms with van der Waals surface area (Å²) in [6.07, 6.45) is 3.16. The van der Waals surface area contributed by atoms with Gasteiger partial charge >= 0.3 is 0 Å². The SMILES string of the molecule is Cc1ccc(-c2nccnc2-c2ccc(N)cc2)c(F)c1. The molecule has 2 aromatic carbocycles. The molecule has 0 saturated heterocycles. The Morgan fingerprint density at radius 3 is 2.24 bits per heavy atom. The molecule has 0 atom stereocenters. The van der Waals surface area contributed by atoms with Gasteiger partial charge in [0.2, 0.25) is 0 Å². The molecule has 0 bridgehead atoms. The van der Waals surface area contributed by atoms with E-state index in [1.54, 1.807) is 30.6 Å². The predicted molar refractivity (Wildman–Crippen MR) is 82.0 cm³/mol. The molecule has 1 heterocycles. The summed E-state index contributed by atoms with van der Waals surface area (Å²) in [6, 6.07) is 12.4. The van der Waals surface area contributed by atoms with E-state index < -0.39 is 0 Å². The highest BCUT2D eigenvalue weighted by atomic mass is 19.1. The summed E-state index contributed by atoms with van der Waals surface area (Å²) in [5.74, 6) is -0.299. The van der Waals surface area contributed by atoms with E-state index in [0.29, 0.717) is 22.6 Å². The van der Waals surface area contributed by atoms with Crippen molar-refractivity contribution in [2.75, 3.05) is 5.73 Å². The third-order valence-corrected chi connectivity index (χ3v) is 3.26. The van der Waals surface area contributed by atoms with Crippen molar-refractivity contribution in [2.24, 2.45) is 0 Å². The van der Waals surface area contributed by atoms with Gasteiger partial charge in [0.15, 0.2) is 0 Å². The monoisotopic (exact) mass is 279 g/mol. The summed E-state index contributed by atoms with van der Waals surface area (Å²) in [7, 11) is 0. The summed E-state index contributed by atoms with van der Waals surface area (Å²) in [4.78, 5) is 8.65. The number of anilines is 1. The average molecular weight is 279 g/mol. The number of rotatable bonds is 2. The minimum atomic E-state index is -0.299. The van der Waals surface area contributed by atoms with Gasteiger partial charge in [0.25, 0.3) is 0 Å². The Hall–Kier alpha value is -2.75. The molecule has 104 valence electrons. The van der Waals surface area contributed by atoms with Crippen LogP contribution in [0.4, 0.5) is 10.1 Å². The summed E-state index contributed by atoms with van der Waals surface area (Å²) >= 11 is 0. The quantitative estimate of drug-likeness (QED) is 0.725. The van der Waals surface area contributed by atoms with Crippen molar-refractivity contribution in [3.05, 3.63) is 66.2 Å². The number of hydrogen-bond acceptors (Lipinski definition) is 3. The topological polar surface area (TPSA) is 51.8 Å². The van der Waals surface area contributed by atoms with E-state index in [4.69, 9.17) is 5.73 Å². The number of aromatic nitrogens is 2. The zero-order valence-electron chi connectivity index (χ0n) is 11.5. The van der Waals surface area contributed by atoms with Crippen LogP contribution in [0.25, 0.3) is 22.5 Å². The summed E-state index contributed by atoms with van der Waals surface area (Å²) in [6.45, 7) is 1.85. The maximum Gasteiger partial charge on any atom is 0.132 e. The number of nitrogens with zero attached hydrogens (tertiary/aromatic N) is 2. The number of halogens is 1. The van der Waals surface area contributed by atoms with Gasteiger partial charge in [-0.1, -0.05) is 18.2 Å². The van der Waals surface area contributed by atoms with Crippen molar-refractivity contribution in [1.29, 1.82) is 0 Å². The fourth-order valence-electron chi connectivity index (χ4n) is 2.20. The fraction of sp³-hybridized carbons (Fsp3) is 0.0588. The fourth-order valence-corrected chi connectivity index (χ4v) is 2.20. The van der Waals surface area contributed by atoms with Crippen LogP contribution in [0.5, 0.6) is 0 Å². The zero-order valence-corrected chi connectivity index (χ0v) is 11.5. The molecular weight excluding hydrogens is 265 g/mol. The highest BCUT2D eigenvalue weighted by Crippen LogP contribution is 2.30. The normalized spacial score (nSPS) is 10.6. The Balaban J connectivity index is 2.18. The number of aryl methyl sites for hydroxylation is 1. The predicted octanol–water partition coefficient (Wildman–Crippen LogP) is 3.84. The Morgan fingerprint density at radius 1 is 0.905 bits per heavy atom. The summed E-state index contributed by atoms with van der Waals surface area (Å²) in [5.41, 5.74) is 9.71. The first-order chi connectivity index (χ1) is 10.1. The summed E-state index contributed by atoms with van der Waals surface area (Å²) in [5, 5.41) is 0. The van der Waals surface area contributed by atoms with Crippen molar-refractivity contribution in [3.63, 3.8) is 0 Å². The third-order valence-electron chi connectivity index (χ3n) is 3.26. The van der Waals surface area contributed by atoms with Crippen LogP contribution in [0, 0.1) is 12.7 Å². The third kappa shape index (κ3) is 2.60. The van der Waals surface area contributed by atoms with Crippen LogP contribution in [-0.2, 0) is 0 Å². The minimum absolute atomic E-state index is 0.299. The maximum atomic E-state index is 14.2. The Morgan fingerprint density at radius 2 is 1.57 bits per heavy atom. The van der Waals surface area contributed by atoms with Gasteiger partial charge in [-0.15, -0.1) is 0 Å². The molecule has 4 heteroatoms. The van der Waals surface area contributed by atoms with E-state index in [0.717, 1.165) is 11.1 Å². The van der Waals surface area contributed by atoms with Crippen LogP contribution >= 0.6 is 0 Å². The minimum Gasteiger partial charge on any atom is -0.399 e. The van der Waals surface area contributed by atoms with Crippen LogP contribution in [-0.4, -0.2) is 9.97 Å². The van der Waals surface area contributed by atoms with Crippen LogP contribution in [0.1, 0.15) is 5.56 Å². The Labute approximate surface area is 122 Å². The average Bonchev–Trinajstić information content (AvgIpc) is 2.48. The van der Waals surface area contributed by atoms with Gasteiger partial charge in [-0.2, -0.15) is 0 Å². The number of nitrogen functional groups attached to an aromatic ring is 1. The van der Waals surface area contributed by atoms with Crippen molar-refractivity contribution in [2.45, 2.75) is 6.92 Å². The lowest BCUT2D eigenvalue weighted by molar-refractivity contribution is 0.629. The van der Waals surface area contributed by atoms with Crippen molar-refractivity contribution < 1.29 is 4.39 Å². The number of nitrogens with two attached hydrogens (primary N) is 1. The molecule has 3 aromatic rings. The van der Waals surface area contributed by atoms with Crippen molar-refractivity contribution in [3.8, 4) is 22.5 Å². The molecule has 0 aliphatic rings. The van der Waals surface area contributed by atoms with E-state index in [-0.39, 0.29) is 5.82 Å². The van der Waals surface area contributed by atoms with Gasteiger partial charge in [0, 0.05) is 29.2 Å². The van der Waals surface area contributed by atoms with Crippen LogP contribution in [0.3, 0.4) is 0 Å². The lowest BCUT2D eigenvalue weighted by atomic mass is 10.0. The van der Waals surface area contributed by atoms with E-state index in [2.05, 4.69) is 9.97 Å². The molecule has 0 saturated carbocycles. The van der Waals surface area contributed by atoms with Gasteiger partial charge < -0.3 is 5.73 Å². The molecule has 0 unspecified atom stereocenters. The summed E-state index contributed by atoms with van der Waals surface area (Å²) < 4.78 is 14.2. The van der Waals surface area contributed by atoms with Gasteiger partial charge in [0.1, 0.15) is 5.82 Å². The van der Waals surface area contributed by atoms with Gasteiger partial charge in [-0.3, -0.25) is 9.97 Å². The zero-order chi connectivity index (χ0) is 14.8. The van der Waals surface area contributed by atoms with Gasteiger partial charge in [0.05, 0.1) is 11.4 Å². The Kier molecular flexibility index (Phi) is 3.36. The molecule has 0 fully saturated rings. The number of benzene rings is 2. The molecule has 21 heavy (non-hydrogen) atoms. The van der Waals surface area contributed by atoms with Gasteiger partial charge in [-0.25, -0.2) is 4.39 Å². The second-order valence-electron chi connectivity index (χ2n) is 4.86. The lowest BCUT2D eigenvalue weighted by Gasteiger charge is -2.09. The van der Waals surface area contributed by atoms with Gasteiger partial charge in [-0.05, 0) is 36.8 Å². The van der Waals surface area contributed by atoms with Crippen molar-refractivity contribution in [1.82, 2.24) is 9.97 Å². The molecular formula is C17H14FN3. The molecule has 3 rings (SSSR count). The molecule has 0 radical (unpaired) electrons. The molecule has 0 aliphatic carbocycles. The number of hydrogen-bond donors (Lipinski definition) is 1. The lowest BCUT2D eigenvalue weighted by Crippen LogP contribution is -1.95. The van der Waals surface area contributed by atoms with Crippen LogP contribution in [0.15, 0.2) is 54.9 Å². The first kappa shape index (κ1) is 13.2. The molecule has 1 aromatic heterocycles. The first-order valence-electron chi connectivity index (χ1n) is 6.58. The van der Waals surface area contributed by atoms with E-state index >= 15 is 0 Å². The van der Waals surface area contributed by atoms with E-state index in [9.17, 15) is 4.39 Å². The second-order valence-corrected chi connectivity index (χ2v) is 4.86. The smallest absolute Gasteiger partial charge is 0.132 e. The van der Waals surface area contributed by atoms with E-state index in [1.165, 1.54) is 6.07 Å². The maximum absolute atomic E-state index is 14.2. The highest BCUT2D eigenvalue weighted by Gasteiger charge is 2.13. The Bertz CT molecular complexity index is 782. The van der Waals surface area contributed by atoms with Crippen LogP contribution < -0.4 is 5.73 Å². The molecule has 0 amide bonds. The van der Waals surface area contributed by atoms with E-state index in [1.807, 2.05) is 25.1 Å². The molecule has 0 spiro atoms. The second kappa shape index (κ2) is 5.32.